The molecule has 3 heterocycles. The van der Waals surface area contributed by atoms with E-state index >= 15 is 0 Å². The van der Waals surface area contributed by atoms with Crippen molar-refractivity contribution < 1.29 is 0 Å². The maximum absolute atomic E-state index is 12.7. The van der Waals surface area contributed by atoms with Gasteiger partial charge in [-0.15, -0.1) is 0 Å². The van der Waals surface area contributed by atoms with Gasteiger partial charge in [-0.1, -0.05) is 23.2 Å². The molecule has 0 spiro atoms. The van der Waals surface area contributed by atoms with Gasteiger partial charge >= 0.3 is 0 Å². The summed E-state index contributed by atoms with van der Waals surface area (Å²) in [6.07, 6.45) is 2.70. The van der Waals surface area contributed by atoms with Gasteiger partial charge < -0.3 is 0 Å². The third-order valence-corrected chi connectivity index (χ3v) is 5.67. The predicted molar refractivity (Wildman–Crippen MR) is 120 cm³/mol. The van der Waals surface area contributed by atoms with Crippen molar-refractivity contribution in [2.75, 3.05) is 10.9 Å². The Morgan fingerprint density at radius 1 is 1.12 bits per heavy atom. The highest BCUT2D eigenvalue weighted by Crippen LogP contribution is 2.36. The summed E-state index contributed by atoms with van der Waals surface area (Å²) in [5.41, 5.74) is 5.25. The van der Waals surface area contributed by atoms with E-state index < -0.39 is 16.2 Å². The van der Waals surface area contributed by atoms with Crippen LogP contribution in [0.5, 0.6) is 0 Å². The number of aryl methyl sites for hydroxylation is 1. The van der Waals surface area contributed by atoms with Gasteiger partial charge in [-0.05, 0) is 30.6 Å². The Labute approximate surface area is 192 Å². The van der Waals surface area contributed by atoms with E-state index in [1.807, 2.05) is 0 Å². The van der Waals surface area contributed by atoms with Crippen LogP contribution in [0.25, 0.3) is 15.7 Å². The molecule has 0 unspecified atom stereocenters. The molecule has 4 rings (SSSR count). The second kappa shape index (κ2) is 8.75. The number of nitrogens with zero attached hydrogens (tertiary/aromatic N) is 7. The molecule has 158 valence electrons. The number of benzene rings is 1. The first-order valence-corrected chi connectivity index (χ1v) is 10.2. The molecule has 0 amide bonds. The Morgan fingerprint density at radius 2 is 1.94 bits per heavy atom. The summed E-state index contributed by atoms with van der Waals surface area (Å²) < 4.78 is 4.23. The van der Waals surface area contributed by atoms with Crippen molar-refractivity contribution in [1.82, 2.24) is 19.3 Å². The lowest BCUT2D eigenvalue weighted by Crippen LogP contribution is -2.48. The first kappa shape index (κ1) is 21.4. The molecule has 0 bridgehead atoms. The molecule has 0 atom stereocenters. The third kappa shape index (κ3) is 3.92. The zero-order valence-electron chi connectivity index (χ0n) is 15.9. The van der Waals surface area contributed by atoms with Gasteiger partial charge in [0.2, 0.25) is 16.5 Å². The molecule has 0 aliphatic heterocycles. The van der Waals surface area contributed by atoms with Crippen molar-refractivity contribution in [2.24, 2.45) is 10.2 Å². The van der Waals surface area contributed by atoms with Crippen LogP contribution in [-0.2, 0) is 0 Å². The minimum absolute atomic E-state index is 0.0157. The molecule has 0 radical (unpaired) electrons. The number of anilines is 2. The van der Waals surface area contributed by atoms with Crippen LogP contribution in [0.1, 0.15) is 5.69 Å². The highest BCUT2D eigenvalue weighted by atomic mass is 35.5. The SMILES string of the molecule is [C-]#[N+]c1c(C)ncc2nsc(N/N=c3\ccc(=O)/c(=N\Nc4ncnc(Cl)c4Cl)c3=O)c12. The first-order valence-electron chi connectivity index (χ1n) is 8.63. The van der Waals surface area contributed by atoms with Crippen LogP contribution < -0.4 is 32.4 Å². The number of pyridine rings is 1. The lowest BCUT2D eigenvalue weighted by Gasteiger charge is -2.01. The molecule has 14 heteroatoms. The van der Waals surface area contributed by atoms with Crippen molar-refractivity contribution in [2.45, 2.75) is 6.92 Å². The summed E-state index contributed by atoms with van der Waals surface area (Å²) in [5, 5.41) is 8.38. The Hall–Kier alpha value is -3.79. The average Bonchev–Trinajstić information content (AvgIpc) is 3.19. The van der Waals surface area contributed by atoms with Gasteiger partial charge in [0.05, 0.1) is 18.3 Å². The van der Waals surface area contributed by atoms with E-state index in [-0.39, 0.29) is 21.4 Å². The molecule has 0 aliphatic rings. The van der Waals surface area contributed by atoms with Gasteiger partial charge in [0.15, 0.2) is 16.3 Å². The largest absolute Gasteiger partial charge is 0.287 e. The van der Waals surface area contributed by atoms with E-state index in [1.54, 1.807) is 13.1 Å². The van der Waals surface area contributed by atoms with E-state index in [4.69, 9.17) is 29.8 Å². The Morgan fingerprint density at radius 3 is 2.72 bits per heavy atom. The minimum Gasteiger partial charge on any atom is -0.287 e. The van der Waals surface area contributed by atoms with Gasteiger partial charge in [0.25, 0.3) is 0 Å². The van der Waals surface area contributed by atoms with Gasteiger partial charge in [-0.2, -0.15) is 14.6 Å². The number of hydrogen-bond donors (Lipinski definition) is 2. The molecule has 1 aromatic carbocycles. The van der Waals surface area contributed by atoms with Crippen molar-refractivity contribution in [3.05, 3.63) is 83.1 Å². The van der Waals surface area contributed by atoms with Gasteiger partial charge in [-0.25, -0.2) is 14.8 Å². The van der Waals surface area contributed by atoms with Crippen molar-refractivity contribution in [3.8, 4) is 0 Å². The molecule has 4 aromatic rings. The zero-order valence-corrected chi connectivity index (χ0v) is 18.2. The Balaban J connectivity index is 1.75. The van der Waals surface area contributed by atoms with E-state index in [9.17, 15) is 9.59 Å². The molecule has 32 heavy (non-hydrogen) atoms. The van der Waals surface area contributed by atoms with E-state index in [2.05, 4.69) is 45.2 Å². The fourth-order valence-corrected chi connectivity index (χ4v) is 3.60. The molecule has 0 saturated heterocycles. The first-order chi connectivity index (χ1) is 15.4. The highest BCUT2D eigenvalue weighted by molar-refractivity contribution is 7.12. The van der Waals surface area contributed by atoms with Crippen LogP contribution in [0.15, 0.2) is 44.4 Å². The van der Waals surface area contributed by atoms with Crippen LogP contribution in [0.4, 0.5) is 16.5 Å². The third-order valence-electron chi connectivity index (χ3n) is 4.16. The van der Waals surface area contributed by atoms with Gasteiger partial charge in [-0.3, -0.25) is 25.4 Å². The average molecular weight is 486 g/mol. The van der Waals surface area contributed by atoms with Crippen molar-refractivity contribution in [1.29, 1.82) is 0 Å². The van der Waals surface area contributed by atoms with Crippen LogP contribution in [0, 0.1) is 13.5 Å². The number of nitrogens with one attached hydrogen (secondary N) is 2. The van der Waals surface area contributed by atoms with E-state index in [1.165, 1.54) is 6.07 Å². The maximum Gasteiger partial charge on any atom is 0.237 e. The predicted octanol–water partition coefficient (Wildman–Crippen LogP) is 2.10. The molecule has 0 aliphatic carbocycles. The van der Waals surface area contributed by atoms with Crippen molar-refractivity contribution in [3.63, 3.8) is 0 Å². The quantitative estimate of drug-likeness (QED) is 0.254. The minimum atomic E-state index is -0.731. The summed E-state index contributed by atoms with van der Waals surface area (Å²) in [6.45, 7) is 9.12. The van der Waals surface area contributed by atoms with Crippen LogP contribution >= 0.6 is 34.7 Å². The van der Waals surface area contributed by atoms with E-state index in [0.717, 1.165) is 23.9 Å². The lowest BCUT2D eigenvalue weighted by molar-refractivity contribution is 1.08. The molecular formula is C18H9Cl2N9O2S. The fraction of sp³-hybridized carbons (Fsp3) is 0.0556. The second-order valence-electron chi connectivity index (χ2n) is 6.11. The van der Waals surface area contributed by atoms with Gasteiger partial charge in [0.1, 0.15) is 21.7 Å². The summed E-state index contributed by atoms with van der Waals surface area (Å²) in [4.78, 5) is 40.1. The standard InChI is InChI=1S/C18H9Cl2N9O2S/c1-7-13(21-2)11-9(5-22-7)29-32-18(11)28-25-8-3-4-10(30)14(15(8)31)26-27-17-12(19)16(20)23-6-24-17/h3-6,28H,1H3,(H,23,24,27)/b25-8+,26-14+. The number of hydrogen-bond acceptors (Lipinski definition) is 11. The maximum atomic E-state index is 12.7. The van der Waals surface area contributed by atoms with Crippen molar-refractivity contribution >= 4 is 62.1 Å². The molecule has 3 aromatic heterocycles. The van der Waals surface area contributed by atoms with Gasteiger partial charge in [0, 0.05) is 11.1 Å². The topological polar surface area (TPSA) is 139 Å². The number of aromatic nitrogens is 4. The number of fused-ring (bicyclic) bond motifs is 1. The summed E-state index contributed by atoms with van der Waals surface area (Å²) >= 11 is 12.8. The zero-order chi connectivity index (χ0) is 22.8. The van der Waals surface area contributed by atoms with Crippen LogP contribution in [0.3, 0.4) is 0 Å². The van der Waals surface area contributed by atoms with Crippen LogP contribution in [-0.4, -0.2) is 19.3 Å². The molecule has 0 fully saturated rings. The molecule has 0 saturated carbocycles. The van der Waals surface area contributed by atoms with E-state index in [0.29, 0.717) is 27.3 Å². The Kier molecular flexibility index (Phi) is 5.87. The summed E-state index contributed by atoms with van der Waals surface area (Å²) in [6, 6.07) is 2.41. The number of rotatable bonds is 4. The van der Waals surface area contributed by atoms with Crippen LogP contribution in [0.2, 0.25) is 10.2 Å². The molecular weight excluding hydrogens is 477 g/mol. The molecule has 11 nitrogen and oxygen atoms in total. The molecule has 2 N–H and O–H groups in total. The lowest BCUT2D eigenvalue weighted by atomic mass is 10.2. The second-order valence-corrected chi connectivity index (χ2v) is 7.62. The fourth-order valence-electron chi connectivity index (χ4n) is 2.62. The monoisotopic (exact) mass is 485 g/mol. The highest BCUT2D eigenvalue weighted by Gasteiger charge is 2.14. The summed E-state index contributed by atoms with van der Waals surface area (Å²) in [7, 11) is 0. The Bertz CT molecular complexity index is 1640. The summed E-state index contributed by atoms with van der Waals surface area (Å²) in [5.74, 6) is 0.0257. The smallest absolute Gasteiger partial charge is 0.237 e. The normalized spacial score (nSPS) is 12.2. The number of halogens is 2.